The molecule has 1 heterocycles. The third-order valence-corrected chi connectivity index (χ3v) is 4.44. The van der Waals surface area contributed by atoms with Crippen molar-refractivity contribution in [2.45, 2.75) is 19.1 Å². The second-order valence-corrected chi connectivity index (χ2v) is 7.27. The van der Waals surface area contributed by atoms with Crippen molar-refractivity contribution in [3.05, 3.63) is 19.2 Å². The Labute approximate surface area is 124 Å². The topological polar surface area (TPSA) is 21.3 Å². The molecule has 1 atom stereocenters. The number of hydrogen-bond donors (Lipinski definition) is 1. The minimum atomic E-state index is -4.29. The first-order valence-electron chi connectivity index (χ1n) is 5.16. The summed E-state index contributed by atoms with van der Waals surface area (Å²) in [4.78, 5) is 0. The SMILES string of the molecule is CCNC(COCC(F)(F)F)c1cc(Br)sc1Br. The van der Waals surface area contributed by atoms with E-state index in [0.29, 0.717) is 6.54 Å². The average Bonchev–Trinajstić information content (AvgIpc) is 2.55. The van der Waals surface area contributed by atoms with Crippen molar-refractivity contribution in [2.24, 2.45) is 0 Å². The van der Waals surface area contributed by atoms with E-state index < -0.39 is 12.8 Å². The maximum absolute atomic E-state index is 12.0. The van der Waals surface area contributed by atoms with Gasteiger partial charge in [0, 0.05) is 0 Å². The Hall–Kier alpha value is 0.370. The molecule has 0 fully saturated rings. The van der Waals surface area contributed by atoms with Gasteiger partial charge in [0.15, 0.2) is 0 Å². The zero-order valence-corrected chi connectivity index (χ0v) is 13.5. The fourth-order valence-electron chi connectivity index (χ4n) is 1.39. The number of likely N-dealkylation sites (N-methyl/N-ethyl adjacent to an activating group) is 1. The third kappa shape index (κ3) is 5.56. The first-order valence-corrected chi connectivity index (χ1v) is 7.56. The number of ether oxygens (including phenoxy) is 1. The van der Waals surface area contributed by atoms with Gasteiger partial charge in [0.1, 0.15) is 6.61 Å². The molecular weight excluding hydrogens is 399 g/mol. The fourth-order valence-corrected chi connectivity index (χ4v) is 4.36. The van der Waals surface area contributed by atoms with Crippen LogP contribution in [0.25, 0.3) is 0 Å². The number of alkyl halides is 3. The Morgan fingerprint density at radius 1 is 1.44 bits per heavy atom. The first kappa shape index (κ1) is 16.4. The maximum Gasteiger partial charge on any atom is 0.411 e. The molecular formula is C10H12Br2F3NOS. The van der Waals surface area contributed by atoms with Crippen molar-refractivity contribution >= 4 is 43.2 Å². The maximum atomic E-state index is 12.0. The molecule has 1 unspecified atom stereocenters. The average molecular weight is 411 g/mol. The van der Waals surface area contributed by atoms with Gasteiger partial charge in [0.05, 0.1) is 20.2 Å². The molecule has 8 heteroatoms. The number of hydrogen-bond acceptors (Lipinski definition) is 3. The highest BCUT2D eigenvalue weighted by molar-refractivity contribution is 9.12. The monoisotopic (exact) mass is 409 g/mol. The van der Waals surface area contributed by atoms with Gasteiger partial charge in [-0.3, -0.25) is 0 Å². The molecule has 0 aromatic carbocycles. The number of nitrogens with one attached hydrogen (secondary N) is 1. The zero-order valence-electron chi connectivity index (χ0n) is 9.48. The van der Waals surface area contributed by atoms with Gasteiger partial charge in [-0.1, -0.05) is 6.92 Å². The highest BCUT2D eigenvalue weighted by atomic mass is 79.9. The van der Waals surface area contributed by atoms with Crippen molar-refractivity contribution in [2.75, 3.05) is 19.8 Å². The number of rotatable bonds is 6. The summed E-state index contributed by atoms with van der Waals surface area (Å²) in [6, 6.07) is 1.62. The molecule has 0 aliphatic heterocycles. The van der Waals surface area contributed by atoms with Crippen LogP contribution in [0.1, 0.15) is 18.5 Å². The number of thiophene rings is 1. The summed E-state index contributed by atoms with van der Waals surface area (Å²) in [5, 5.41) is 3.10. The summed E-state index contributed by atoms with van der Waals surface area (Å²) in [7, 11) is 0. The van der Waals surface area contributed by atoms with E-state index in [2.05, 4.69) is 37.2 Å². The smallest absolute Gasteiger partial charge is 0.370 e. The van der Waals surface area contributed by atoms with Crippen molar-refractivity contribution in [3.8, 4) is 0 Å². The van der Waals surface area contributed by atoms with Crippen LogP contribution >= 0.6 is 43.2 Å². The Morgan fingerprint density at radius 2 is 2.11 bits per heavy atom. The lowest BCUT2D eigenvalue weighted by Gasteiger charge is -2.18. The van der Waals surface area contributed by atoms with Crippen LogP contribution < -0.4 is 5.32 Å². The molecule has 0 aliphatic rings. The molecule has 0 radical (unpaired) electrons. The predicted octanol–water partition coefficient (Wildman–Crippen LogP) is 4.50. The lowest BCUT2D eigenvalue weighted by atomic mass is 10.1. The zero-order chi connectivity index (χ0) is 13.8. The molecule has 0 saturated heterocycles. The van der Waals surface area contributed by atoms with E-state index in [1.165, 1.54) is 11.3 Å². The first-order chi connectivity index (χ1) is 8.33. The third-order valence-electron chi connectivity index (χ3n) is 2.06. The largest absolute Gasteiger partial charge is 0.411 e. The van der Waals surface area contributed by atoms with Gasteiger partial charge in [-0.05, 0) is 50.0 Å². The van der Waals surface area contributed by atoms with Crippen molar-refractivity contribution < 1.29 is 17.9 Å². The van der Waals surface area contributed by atoms with Gasteiger partial charge in [0.2, 0.25) is 0 Å². The molecule has 0 amide bonds. The van der Waals surface area contributed by atoms with Crippen LogP contribution in [0.15, 0.2) is 13.6 Å². The Morgan fingerprint density at radius 3 is 2.56 bits per heavy atom. The van der Waals surface area contributed by atoms with Crippen LogP contribution in [0.4, 0.5) is 13.2 Å². The van der Waals surface area contributed by atoms with Gasteiger partial charge in [-0.2, -0.15) is 13.2 Å². The quantitative estimate of drug-likeness (QED) is 0.745. The minimum absolute atomic E-state index is 0.0187. The molecule has 1 rings (SSSR count). The Bertz CT molecular complexity index is 384. The molecule has 0 bridgehead atoms. The lowest BCUT2D eigenvalue weighted by molar-refractivity contribution is -0.175. The minimum Gasteiger partial charge on any atom is -0.370 e. The molecule has 0 saturated carbocycles. The van der Waals surface area contributed by atoms with Crippen LogP contribution in [0.5, 0.6) is 0 Å². The van der Waals surface area contributed by atoms with Crippen molar-refractivity contribution in [1.82, 2.24) is 5.32 Å². The van der Waals surface area contributed by atoms with Crippen molar-refractivity contribution in [1.29, 1.82) is 0 Å². The normalized spacial score (nSPS) is 13.9. The van der Waals surface area contributed by atoms with Crippen LogP contribution in [-0.4, -0.2) is 25.9 Å². The van der Waals surface area contributed by atoms with Gasteiger partial charge in [-0.25, -0.2) is 0 Å². The molecule has 104 valence electrons. The van der Waals surface area contributed by atoms with E-state index in [-0.39, 0.29) is 12.6 Å². The molecule has 0 spiro atoms. The van der Waals surface area contributed by atoms with Gasteiger partial charge in [0.25, 0.3) is 0 Å². The van der Waals surface area contributed by atoms with Crippen LogP contribution in [-0.2, 0) is 4.74 Å². The lowest BCUT2D eigenvalue weighted by Crippen LogP contribution is -2.27. The number of halogens is 5. The Kier molecular flexibility index (Phi) is 6.60. The Balaban J connectivity index is 2.63. The van der Waals surface area contributed by atoms with E-state index in [1.807, 2.05) is 13.0 Å². The molecule has 2 nitrogen and oxygen atoms in total. The molecule has 18 heavy (non-hydrogen) atoms. The van der Waals surface area contributed by atoms with Crippen molar-refractivity contribution in [3.63, 3.8) is 0 Å². The van der Waals surface area contributed by atoms with Crippen LogP contribution in [0.2, 0.25) is 0 Å². The summed E-state index contributed by atoms with van der Waals surface area (Å²) < 4.78 is 42.6. The van der Waals surface area contributed by atoms with E-state index in [9.17, 15) is 13.2 Å². The second-order valence-electron chi connectivity index (χ2n) is 3.52. The molecule has 1 aromatic rings. The van der Waals surface area contributed by atoms with Gasteiger partial charge >= 0.3 is 6.18 Å². The summed E-state index contributed by atoms with van der Waals surface area (Å²) in [5.74, 6) is 0. The summed E-state index contributed by atoms with van der Waals surface area (Å²) in [5.41, 5.74) is 0.899. The summed E-state index contributed by atoms with van der Waals surface area (Å²) in [6.07, 6.45) is -4.29. The van der Waals surface area contributed by atoms with Crippen LogP contribution in [0, 0.1) is 0 Å². The predicted molar refractivity (Wildman–Crippen MR) is 73.0 cm³/mol. The summed E-state index contributed by atoms with van der Waals surface area (Å²) >= 11 is 8.21. The molecule has 0 aliphatic carbocycles. The van der Waals surface area contributed by atoms with Crippen LogP contribution in [0.3, 0.4) is 0 Å². The van der Waals surface area contributed by atoms with E-state index >= 15 is 0 Å². The standard InChI is InChI=1S/C10H12Br2F3NOS/c1-2-16-7(4-17-5-10(13,14)15)6-3-8(11)18-9(6)12/h3,7,16H,2,4-5H2,1H3. The van der Waals surface area contributed by atoms with E-state index in [4.69, 9.17) is 4.74 Å². The highest BCUT2D eigenvalue weighted by Crippen LogP contribution is 2.35. The van der Waals surface area contributed by atoms with E-state index in [1.54, 1.807) is 0 Å². The molecule has 1 N–H and O–H groups in total. The second kappa shape index (κ2) is 7.23. The fraction of sp³-hybridized carbons (Fsp3) is 0.600. The van der Waals surface area contributed by atoms with E-state index in [0.717, 1.165) is 13.1 Å². The molecule has 1 aromatic heterocycles. The van der Waals surface area contributed by atoms with Gasteiger partial charge in [-0.15, -0.1) is 11.3 Å². The van der Waals surface area contributed by atoms with Gasteiger partial charge < -0.3 is 10.1 Å². The highest BCUT2D eigenvalue weighted by Gasteiger charge is 2.28. The summed E-state index contributed by atoms with van der Waals surface area (Å²) in [6.45, 7) is 1.30.